The predicted molar refractivity (Wildman–Crippen MR) is 54.9 cm³/mol. The zero-order valence-corrected chi connectivity index (χ0v) is 9.09. The van der Waals surface area contributed by atoms with Gasteiger partial charge in [0, 0.05) is 11.5 Å². The number of rotatable bonds is 3. The lowest BCUT2D eigenvalue weighted by Crippen LogP contribution is -2.17. The van der Waals surface area contributed by atoms with Crippen molar-refractivity contribution in [1.82, 2.24) is 20.5 Å². The molecule has 2 N–H and O–H groups in total. The largest absolute Gasteiger partial charge is 0.307 e. The number of aromatic amines is 1. The summed E-state index contributed by atoms with van der Waals surface area (Å²) in [6.45, 7) is 7.17. The first kappa shape index (κ1) is 9.65. The minimum atomic E-state index is 0.0360. The average Bonchev–Trinajstić information content (AvgIpc) is 2.77. The summed E-state index contributed by atoms with van der Waals surface area (Å²) in [5.41, 5.74) is 0.0360. The van der Waals surface area contributed by atoms with Crippen molar-refractivity contribution < 1.29 is 0 Å². The molecule has 0 spiro atoms. The maximum absolute atomic E-state index is 4.45. The lowest BCUT2D eigenvalue weighted by atomic mass is 9.96. The molecule has 0 aliphatic heterocycles. The van der Waals surface area contributed by atoms with Gasteiger partial charge in [-0.3, -0.25) is 5.10 Å². The first-order chi connectivity index (χ1) is 6.55. The third-order valence-electron chi connectivity index (χ3n) is 2.34. The van der Waals surface area contributed by atoms with Gasteiger partial charge < -0.3 is 5.32 Å². The molecule has 1 aromatic rings. The lowest BCUT2D eigenvalue weighted by Gasteiger charge is -2.11. The highest BCUT2D eigenvalue weighted by Crippen LogP contribution is 2.20. The van der Waals surface area contributed by atoms with E-state index < -0.39 is 0 Å². The minimum absolute atomic E-state index is 0.0360. The van der Waals surface area contributed by atoms with Crippen LogP contribution in [-0.2, 0) is 12.0 Å². The second-order valence-electron chi connectivity index (χ2n) is 5.01. The van der Waals surface area contributed by atoms with Crippen LogP contribution in [0.15, 0.2) is 0 Å². The Morgan fingerprint density at radius 3 is 2.64 bits per heavy atom. The SMILES string of the molecule is CC(C)(C)c1n[nH]c(CNC2CC2)n1. The van der Waals surface area contributed by atoms with E-state index in [2.05, 4.69) is 41.3 Å². The van der Waals surface area contributed by atoms with Gasteiger partial charge in [-0.25, -0.2) is 4.98 Å². The Kier molecular flexibility index (Phi) is 2.31. The van der Waals surface area contributed by atoms with Crippen molar-refractivity contribution in [2.75, 3.05) is 0 Å². The monoisotopic (exact) mass is 194 g/mol. The van der Waals surface area contributed by atoms with Crippen LogP contribution >= 0.6 is 0 Å². The van der Waals surface area contributed by atoms with Crippen molar-refractivity contribution in [3.63, 3.8) is 0 Å². The molecule has 1 aliphatic rings. The van der Waals surface area contributed by atoms with Crippen molar-refractivity contribution in [2.45, 2.75) is 51.6 Å². The standard InChI is InChI=1S/C10H18N4/c1-10(2,3)9-12-8(13-14-9)6-11-7-4-5-7/h7,11H,4-6H2,1-3H3,(H,12,13,14). The summed E-state index contributed by atoms with van der Waals surface area (Å²) in [6.07, 6.45) is 2.61. The van der Waals surface area contributed by atoms with Gasteiger partial charge in [0.1, 0.15) is 5.82 Å². The minimum Gasteiger partial charge on any atom is -0.307 e. The summed E-state index contributed by atoms with van der Waals surface area (Å²) in [7, 11) is 0. The van der Waals surface area contributed by atoms with Crippen molar-refractivity contribution in [2.24, 2.45) is 0 Å². The first-order valence-corrected chi connectivity index (χ1v) is 5.21. The highest BCUT2D eigenvalue weighted by molar-refractivity contribution is 5.02. The summed E-state index contributed by atoms with van der Waals surface area (Å²) in [5.74, 6) is 1.84. The van der Waals surface area contributed by atoms with E-state index in [0.717, 1.165) is 24.2 Å². The van der Waals surface area contributed by atoms with Crippen LogP contribution in [0.3, 0.4) is 0 Å². The zero-order valence-electron chi connectivity index (χ0n) is 9.09. The number of nitrogens with one attached hydrogen (secondary N) is 2. The van der Waals surface area contributed by atoms with Gasteiger partial charge in [-0.15, -0.1) is 0 Å². The fourth-order valence-electron chi connectivity index (χ4n) is 1.24. The number of H-pyrrole nitrogens is 1. The van der Waals surface area contributed by atoms with E-state index in [1.807, 2.05) is 0 Å². The van der Waals surface area contributed by atoms with E-state index in [1.54, 1.807) is 0 Å². The molecule has 1 aliphatic carbocycles. The number of aromatic nitrogens is 3. The molecule has 14 heavy (non-hydrogen) atoms. The predicted octanol–water partition coefficient (Wildman–Crippen LogP) is 1.35. The molecule has 0 unspecified atom stereocenters. The normalized spacial score (nSPS) is 17.4. The second kappa shape index (κ2) is 3.35. The van der Waals surface area contributed by atoms with Crippen molar-refractivity contribution in [3.05, 3.63) is 11.6 Å². The molecule has 0 saturated heterocycles. The topological polar surface area (TPSA) is 53.6 Å². The lowest BCUT2D eigenvalue weighted by molar-refractivity contribution is 0.547. The van der Waals surface area contributed by atoms with Gasteiger partial charge in [0.15, 0.2) is 5.82 Å². The summed E-state index contributed by atoms with van der Waals surface area (Å²) >= 11 is 0. The van der Waals surface area contributed by atoms with Gasteiger partial charge in [-0.1, -0.05) is 20.8 Å². The van der Waals surface area contributed by atoms with Crippen LogP contribution in [0.4, 0.5) is 0 Å². The molecule has 1 aromatic heterocycles. The highest BCUT2D eigenvalue weighted by Gasteiger charge is 2.22. The Morgan fingerprint density at radius 1 is 1.43 bits per heavy atom. The van der Waals surface area contributed by atoms with E-state index in [0.29, 0.717) is 0 Å². The van der Waals surface area contributed by atoms with Crippen LogP contribution in [0.1, 0.15) is 45.3 Å². The molecule has 1 saturated carbocycles. The molecule has 1 fully saturated rings. The number of hydrogen-bond acceptors (Lipinski definition) is 3. The van der Waals surface area contributed by atoms with Crippen LogP contribution < -0.4 is 5.32 Å². The van der Waals surface area contributed by atoms with Gasteiger partial charge >= 0.3 is 0 Å². The smallest absolute Gasteiger partial charge is 0.156 e. The Hall–Kier alpha value is -0.900. The summed E-state index contributed by atoms with van der Waals surface area (Å²) in [4.78, 5) is 4.45. The molecule has 0 aromatic carbocycles. The van der Waals surface area contributed by atoms with E-state index >= 15 is 0 Å². The Bertz CT molecular complexity index is 306. The molecular weight excluding hydrogens is 176 g/mol. The summed E-state index contributed by atoms with van der Waals surface area (Å²) < 4.78 is 0. The first-order valence-electron chi connectivity index (χ1n) is 5.21. The number of hydrogen-bond donors (Lipinski definition) is 2. The van der Waals surface area contributed by atoms with Crippen LogP contribution in [0.2, 0.25) is 0 Å². The third kappa shape index (κ3) is 2.32. The fourth-order valence-corrected chi connectivity index (χ4v) is 1.24. The zero-order chi connectivity index (χ0) is 10.2. The highest BCUT2D eigenvalue weighted by atomic mass is 15.2. The molecule has 0 amide bonds. The molecule has 0 atom stereocenters. The summed E-state index contributed by atoms with van der Waals surface area (Å²) in [5, 5.41) is 10.6. The van der Waals surface area contributed by atoms with Crippen LogP contribution in [0.5, 0.6) is 0 Å². The van der Waals surface area contributed by atoms with Crippen molar-refractivity contribution in [1.29, 1.82) is 0 Å². The van der Waals surface area contributed by atoms with Crippen molar-refractivity contribution >= 4 is 0 Å². The molecule has 78 valence electrons. The molecule has 0 bridgehead atoms. The maximum atomic E-state index is 4.45. The molecule has 1 heterocycles. The van der Waals surface area contributed by atoms with Crippen molar-refractivity contribution in [3.8, 4) is 0 Å². The molecular formula is C10H18N4. The Labute approximate surface area is 84.5 Å². The molecule has 2 rings (SSSR count). The molecule has 4 nitrogen and oxygen atoms in total. The van der Waals surface area contributed by atoms with E-state index in [4.69, 9.17) is 0 Å². The molecule has 4 heteroatoms. The summed E-state index contributed by atoms with van der Waals surface area (Å²) in [6, 6.07) is 0.721. The average molecular weight is 194 g/mol. The van der Waals surface area contributed by atoms with E-state index in [-0.39, 0.29) is 5.41 Å². The Morgan fingerprint density at radius 2 is 2.14 bits per heavy atom. The van der Waals surface area contributed by atoms with Gasteiger partial charge in [0.05, 0.1) is 6.54 Å². The van der Waals surface area contributed by atoms with Gasteiger partial charge in [-0.05, 0) is 12.8 Å². The fraction of sp³-hybridized carbons (Fsp3) is 0.800. The second-order valence-corrected chi connectivity index (χ2v) is 5.01. The number of nitrogens with zero attached hydrogens (tertiary/aromatic N) is 2. The van der Waals surface area contributed by atoms with Gasteiger partial charge in [0.25, 0.3) is 0 Å². The van der Waals surface area contributed by atoms with Gasteiger partial charge in [-0.2, -0.15) is 5.10 Å². The van der Waals surface area contributed by atoms with Crippen LogP contribution in [0, 0.1) is 0 Å². The quantitative estimate of drug-likeness (QED) is 0.763. The molecule has 0 radical (unpaired) electrons. The van der Waals surface area contributed by atoms with Gasteiger partial charge in [0.2, 0.25) is 0 Å². The van der Waals surface area contributed by atoms with Crippen LogP contribution in [0.25, 0.3) is 0 Å². The maximum Gasteiger partial charge on any atom is 0.156 e. The van der Waals surface area contributed by atoms with E-state index in [9.17, 15) is 0 Å². The Balaban J connectivity index is 1.94. The van der Waals surface area contributed by atoms with Crippen LogP contribution in [-0.4, -0.2) is 21.2 Å². The third-order valence-corrected chi connectivity index (χ3v) is 2.34. The van der Waals surface area contributed by atoms with E-state index in [1.165, 1.54) is 12.8 Å².